The molecule has 5 aliphatic rings. The van der Waals surface area contributed by atoms with E-state index in [1.54, 1.807) is 135 Å². The van der Waals surface area contributed by atoms with Crippen LogP contribution in [-0.4, -0.2) is 24.8 Å². The first kappa shape index (κ1) is 26.5. The molecule has 18 rings (SSSR count). The van der Waals surface area contributed by atoms with Crippen molar-refractivity contribution in [3.8, 4) is 0 Å². The highest BCUT2D eigenvalue weighted by Gasteiger charge is 2.62. The van der Waals surface area contributed by atoms with E-state index in [4.69, 9.17) is 4.74 Å². The highest BCUT2D eigenvalue weighted by molar-refractivity contribution is 6.63. The molecular weight excluding hydrogens is 655 g/mol. The fourth-order valence-corrected chi connectivity index (χ4v) is 15.5. The van der Waals surface area contributed by atoms with Crippen LogP contribution in [0.25, 0.3) is 130 Å². The average molecular weight is 688 g/mol. The summed E-state index contributed by atoms with van der Waals surface area (Å²) in [6.07, 6.45) is 3.34. The van der Waals surface area contributed by atoms with Gasteiger partial charge in [0.05, 0.1) is 6.73 Å². The summed E-state index contributed by atoms with van der Waals surface area (Å²) in [5, 5.41) is 38.1. The van der Waals surface area contributed by atoms with Crippen LogP contribution in [0.3, 0.4) is 0 Å². The van der Waals surface area contributed by atoms with Gasteiger partial charge in [-0.2, -0.15) is 0 Å². The maximum Gasteiger partial charge on any atom is 0.0995 e. The van der Waals surface area contributed by atoms with Gasteiger partial charge in [0.1, 0.15) is 0 Å². The van der Waals surface area contributed by atoms with E-state index < -0.39 is 0 Å². The molecule has 1 saturated heterocycles. The quantitative estimate of drug-likeness (QED) is 0.171. The van der Waals surface area contributed by atoms with Crippen molar-refractivity contribution < 1.29 is 4.74 Å². The van der Waals surface area contributed by atoms with Crippen LogP contribution in [0.1, 0.15) is 55.5 Å². The zero-order chi connectivity index (χ0) is 34.6. The fraction of sp³-hybridized carbons (Fsp3) is 0.231. The van der Waals surface area contributed by atoms with Crippen LogP contribution in [0.5, 0.6) is 0 Å². The maximum atomic E-state index is 6.40. The first-order valence-electron chi connectivity index (χ1n) is 20.7. The van der Waals surface area contributed by atoms with Crippen LogP contribution in [0.15, 0.2) is 60.7 Å². The molecule has 13 aromatic rings. The Kier molecular flexibility index (Phi) is 3.75. The molecule has 0 bridgehead atoms. The average Bonchev–Trinajstić information content (AvgIpc) is 4.05. The molecule has 13 aromatic carbocycles. The molecule has 252 valence electrons. The zero-order valence-electron chi connectivity index (χ0n) is 30.5. The van der Waals surface area contributed by atoms with E-state index in [0.717, 1.165) is 32.4 Å². The summed E-state index contributed by atoms with van der Waals surface area (Å²) in [6, 6.07) is 24.9. The number of fused-ring (bicyclic) bond motifs is 1. The van der Waals surface area contributed by atoms with Gasteiger partial charge in [0.25, 0.3) is 0 Å². The number of ether oxygens (including phenoxy) is 1. The van der Waals surface area contributed by atoms with E-state index in [1.165, 1.54) is 27.1 Å². The maximum absolute atomic E-state index is 6.40. The number of benzene rings is 9. The van der Waals surface area contributed by atoms with E-state index in [0.29, 0.717) is 12.6 Å². The Morgan fingerprint density at radius 3 is 1.87 bits per heavy atom. The van der Waals surface area contributed by atoms with Crippen molar-refractivity contribution in [1.29, 1.82) is 0 Å². The van der Waals surface area contributed by atoms with E-state index in [9.17, 15) is 0 Å². The molecule has 54 heavy (non-hydrogen) atoms. The molecule has 1 aliphatic heterocycles. The molecule has 3 unspecified atom stereocenters. The van der Waals surface area contributed by atoms with Crippen LogP contribution in [0.4, 0.5) is 0 Å². The molecule has 3 atom stereocenters. The van der Waals surface area contributed by atoms with Gasteiger partial charge in [-0.25, -0.2) is 0 Å². The second-order valence-electron chi connectivity index (χ2n) is 17.9. The minimum atomic E-state index is -0.0299. The molecule has 1 spiro atoms. The molecule has 0 N–H and O–H groups in total. The molecule has 0 amide bonds. The molecule has 2 nitrogen and oxygen atoms in total. The Morgan fingerprint density at radius 2 is 1.17 bits per heavy atom. The minimum Gasteiger partial charge on any atom is -0.366 e. The second-order valence-corrected chi connectivity index (χ2v) is 17.9. The summed E-state index contributed by atoms with van der Waals surface area (Å²) in [6.45, 7) is 8.65. The van der Waals surface area contributed by atoms with Crippen LogP contribution < -0.4 is 10.4 Å². The summed E-state index contributed by atoms with van der Waals surface area (Å²) in [4.78, 5) is 2.76. The van der Waals surface area contributed by atoms with Gasteiger partial charge in [-0.05, 0) is 196 Å². The number of nitrogens with zero attached hydrogens (tertiary/aromatic N) is 1. The summed E-state index contributed by atoms with van der Waals surface area (Å²) >= 11 is 0. The van der Waals surface area contributed by atoms with Crippen LogP contribution in [0.2, 0.25) is 0 Å². The minimum absolute atomic E-state index is 0.0299. The summed E-state index contributed by atoms with van der Waals surface area (Å²) < 4.78 is 6.40. The molecule has 1 fully saturated rings. The monoisotopic (exact) mass is 687 g/mol. The van der Waals surface area contributed by atoms with Gasteiger partial charge >= 0.3 is 0 Å². The van der Waals surface area contributed by atoms with Crippen molar-refractivity contribution in [2.75, 3.05) is 19.9 Å². The van der Waals surface area contributed by atoms with E-state index in [1.807, 2.05) is 13.8 Å². The van der Waals surface area contributed by atoms with Crippen molar-refractivity contribution in [2.45, 2.75) is 51.5 Å². The van der Waals surface area contributed by atoms with Gasteiger partial charge in [-0.1, -0.05) is 67.5 Å². The molecular formula is C52H33NO. The van der Waals surface area contributed by atoms with E-state index in [-0.39, 0.29) is 11.5 Å². The standard InChI is InChI=1S/C50H27NO.C2H6/c1-2-52-17-51-16-27-26-14-24-12-21-10-22-9-19-8-20-11-23-13-25-15-50(27,49(51)18-6-4-3-5-7-18)48-34(25)39-33(23)38-29(20)28(19)36-32(22)37-30(21)31(24)40-35(26)47(48)46-44(39)42(38)41(36)43(37)45(40)46;1-2/h3-11,13,27,49H,2,12,14-17H2,1H3;1-2H3. The Labute approximate surface area is 308 Å². The van der Waals surface area contributed by atoms with Crippen LogP contribution in [-0.2, 0) is 23.0 Å². The lowest BCUT2D eigenvalue weighted by atomic mass is 9.60. The van der Waals surface area contributed by atoms with Gasteiger partial charge in [0, 0.05) is 30.5 Å². The summed E-state index contributed by atoms with van der Waals surface area (Å²) in [7, 11) is 0. The largest absolute Gasteiger partial charge is 0.366 e. The third-order valence-corrected chi connectivity index (χ3v) is 16.5. The Bertz CT molecular complexity index is 3960. The SMILES string of the molecule is CC.CCOCN1CC2C3=c4c5c6c7c(cc8cc9cc%10cc%11cc%12c%13c(c4c4c5c5c7c8c7c9c%10c8c%11c%13c4c8c75)=C(C3)C%12)CC62C1c1ccccc1. The van der Waals surface area contributed by atoms with Gasteiger partial charge < -0.3 is 4.74 Å². The first-order chi connectivity index (χ1) is 26.8. The predicted molar refractivity (Wildman–Crippen MR) is 227 cm³/mol. The second kappa shape index (κ2) is 7.65. The fourth-order valence-electron chi connectivity index (χ4n) is 15.5. The van der Waals surface area contributed by atoms with Gasteiger partial charge in [-0.15, -0.1) is 0 Å². The topological polar surface area (TPSA) is 12.5 Å². The van der Waals surface area contributed by atoms with E-state index in [2.05, 4.69) is 72.5 Å². The third-order valence-electron chi connectivity index (χ3n) is 16.5. The Balaban J connectivity index is 0.00000134. The number of likely N-dealkylation sites (tertiary alicyclic amines) is 1. The Morgan fingerprint density at radius 1 is 0.593 bits per heavy atom. The lowest BCUT2D eigenvalue weighted by Gasteiger charge is -2.43. The predicted octanol–water partition coefficient (Wildman–Crippen LogP) is 11.1. The van der Waals surface area contributed by atoms with Crippen molar-refractivity contribution >= 4 is 130 Å². The smallest absolute Gasteiger partial charge is 0.0995 e. The zero-order valence-corrected chi connectivity index (χ0v) is 30.5. The van der Waals surface area contributed by atoms with Crippen molar-refractivity contribution in [3.05, 3.63) is 93.4 Å². The number of rotatable bonds is 4. The van der Waals surface area contributed by atoms with Crippen LogP contribution in [0, 0.1) is 5.92 Å². The highest BCUT2D eigenvalue weighted by atomic mass is 16.5. The lowest BCUT2D eigenvalue weighted by molar-refractivity contribution is 0.0195. The number of hydrogen-bond acceptors (Lipinski definition) is 2. The van der Waals surface area contributed by atoms with Crippen LogP contribution >= 0.6 is 0 Å². The molecule has 2 heteroatoms. The van der Waals surface area contributed by atoms with Crippen molar-refractivity contribution in [3.63, 3.8) is 0 Å². The van der Waals surface area contributed by atoms with Gasteiger partial charge in [-0.3, -0.25) is 4.90 Å². The molecule has 1 heterocycles. The van der Waals surface area contributed by atoms with Crippen molar-refractivity contribution in [2.24, 2.45) is 5.92 Å². The molecule has 0 radical (unpaired) electrons. The summed E-state index contributed by atoms with van der Waals surface area (Å²) in [5.41, 5.74) is 9.81. The van der Waals surface area contributed by atoms with Gasteiger partial charge in [0.2, 0.25) is 0 Å². The normalized spacial score (nSPS) is 23.3. The highest BCUT2D eigenvalue weighted by Crippen LogP contribution is 2.70. The Hall–Kier alpha value is -5.28. The number of hydrogen-bond donors (Lipinski definition) is 0. The van der Waals surface area contributed by atoms with Gasteiger partial charge in [0.15, 0.2) is 0 Å². The molecule has 0 saturated carbocycles. The molecule has 0 aromatic heterocycles. The lowest BCUT2D eigenvalue weighted by Crippen LogP contribution is -2.43. The first-order valence-corrected chi connectivity index (χ1v) is 20.7. The van der Waals surface area contributed by atoms with Crippen molar-refractivity contribution in [1.82, 2.24) is 4.90 Å². The summed E-state index contributed by atoms with van der Waals surface area (Å²) in [5.74, 6) is 0.453. The van der Waals surface area contributed by atoms with E-state index >= 15 is 0 Å². The molecule has 4 aliphatic carbocycles. The third kappa shape index (κ3) is 2.14.